The molecule has 0 unspecified atom stereocenters. The monoisotopic (exact) mass is 306 g/mol. The summed E-state index contributed by atoms with van der Waals surface area (Å²) in [6, 6.07) is 16.7. The van der Waals surface area contributed by atoms with E-state index in [0.717, 1.165) is 4.47 Å². The molecule has 0 aromatic heterocycles. The number of aryl methyl sites for hydroxylation is 1. The Morgan fingerprint density at radius 1 is 0.765 bits per heavy atom. The van der Waals surface area contributed by atoms with E-state index in [2.05, 4.69) is 59.3 Å². The summed E-state index contributed by atoms with van der Waals surface area (Å²) in [5.41, 5.74) is 4.14. The smallest absolute Gasteiger partial charge is 0.0177 e. The Balaban J connectivity index is 0. The summed E-state index contributed by atoms with van der Waals surface area (Å²) in [6.07, 6.45) is 0. The van der Waals surface area contributed by atoms with Gasteiger partial charge in [0.25, 0.3) is 0 Å². The van der Waals surface area contributed by atoms with Gasteiger partial charge in [-0.25, -0.2) is 0 Å². The van der Waals surface area contributed by atoms with Crippen LogP contribution >= 0.6 is 15.9 Å². The molecule has 0 spiro atoms. The third-order valence-electron chi connectivity index (χ3n) is 2.20. The van der Waals surface area contributed by atoms with Gasteiger partial charge in [0.15, 0.2) is 0 Å². The van der Waals surface area contributed by atoms with Crippen LogP contribution in [0.1, 0.15) is 5.56 Å². The first-order valence-corrected chi connectivity index (χ1v) is 5.37. The number of rotatable bonds is 0. The van der Waals surface area contributed by atoms with Gasteiger partial charge in [-0.15, -0.1) is 0 Å². The van der Waals surface area contributed by atoms with E-state index < -0.39 is 0 Å². The van der Waals surface area contributed by atoms with E-state index in [1.54, 1.807) is 0 Å². The van der Waals surface area contributed by atoms with Crippen LogP contribution < -0.4 is 0 Å². The fourth-order valence-corrected chi connectivity index (χ4v) is 1.78. The lowest BCUT2D eigenvalue weighted by Crippen LogP contribution is -1.85. The van der Waals surface area contributed by atoms with E-state index in [-0.39, 0.29) is 14.1 Å². The molecule has 0 N–H and O–H groups in total. The Labute approximate surface area is 107 Å². The van der Waals surface area contributed by atoms with E-state index in [0.29, 0.717) is 0 Å². The second kappa shape index (κ2) is 7.90. The second-order valence-electron chi connectivity index (χ2n) is 3.38. The molecule has 0 heterocycles. The van der Waals surface area contributed by atoms with Gasteiger partial charge in [-0.2, -0.15) is 0 Å². The molecule has 0 radical (unpaired) electrons. The summed E-state index contributed by atoms with van der Waals surface area (Å²) in [4.78, 5) is 0. The van der Waals surface area contributed by atoms with Crippen molar-refractivity contribution in [2.24, 2.45) is 0 Å². The van der Waals surface area contributed by atoms with Crippen molar-refractivity contribution in [2.75, 3.05) is 0 Å². The molecule has 0 nitrogen and oxygen atoms in total. The van der Waals surface area contributed by atoms with Gasteiger partial charge in [-0.1, -0.05) is 57.9 Å². The predicted octanol–water partition coefficient (Wildman–Crippen LogP) is 4.88. The van der Waals surface area contributed by atoms with Gasteiger partial charge in [0, 0.05) is 4.47 Å². The second-order valence-corrected chi connectivity index (χ2v) is 4.29. The lowest BCUT2D eigenvalue weighted by molar-refractivity contribution is 1.11. The van der Waals surface area contributed by atoms with Crippen molar-refractivity contribution in [3.05, 3.63) is 58.6 Å². The maximum Gasteiger partial charge on any atom is 0.0177 e. The van der Waals surface area contributed by atoms with Crippen LogP contribution in [0, 0.1) is 6.92 Å². The molecular formula is C13H14BrF3. The molecule has 0 aliphatic heterocycles. The quantitative estimate of drug-likeness (QED) is 0.555. The van der Waals surface area contributed by atoms with E-state index in [1.165, 1.54) is 16.7 Å². The van der Waals surface area contributed by atoms with Crippen LogP contribution in [0.2, 0.25) is 0 Å². The molecule has 0 amide bonds. The van der Waals surface area contributed by atoms with Crippen molar-refractivity contribution in [1.82, 2.24) is 0 Å². The molecule has 4 heteroatoms. The van der Waals surface area contributed by atoms with Gasteiger partial charge in [-0.05, 0) is 30.2 Å². The Kier molecular flexibility index (Phi) is 8.40. The normalized spacial score (nSPS) is 8.35. The molecule has 2 aliphatic rings. The minimum atomic E-state index is 0. The number of fused-ring (bicyclic) bond motifs is 1. The van der Waals surface area contributed by atoms with E-state index in [9.17, 15) is 0 Å². The maximum absolute atomic E-state index is 3.36. The van der Waals surface area contributed by atoms with E-state index >= 15 is 0 Å². The highest BCUT2D eigenvalue weighted by atomic mass is 79.9. The molecule has 17 heavy (non-hydrogen) atoms. The summed E-state index contributed by atoms with van der Waals surface area (Å²) < 4.78 is 1.15. The minimum Gasteiger partial charge on any atom is -0.269 e. The van der Waals surface area contributed by atoms with Crippen LogP contribution in [0.25, 0.3) is 11.1 Å². The van der Waals surface area contributed by atoms with Crippen molar-refractivity contribution in [2.45, 2.75) is 6.92 Å². The SMILES string of the molecule is Cc1cccc(Br)c1.F.F.F.c1cc2ccc1-2. The zero-order valence-corrected chi connectivity index (χ0v) is 10.8. The van der Waals surface area contributed by atoms with Gasteiger partial charge in [0.05, 0.1) is 0 Å². The Hall–Kier alpha value is -1.29. The van der Waals surface area contributed by atoms with Crippen LogP contribution in [-0.4, -0.2) is 0 Å². The molecule has 0 saturated carbocycles. The van der Waals surface area contributed by atoms with Gasteiger partial charge < -0.3 is 0 Å². The number of halogens is 4. The van der Waals surface area contributed by atoms with Gasteiger partial charge in [-0.3, -0.25) is 14.1 Å². The predicted molar refractivity (Wildman–Crippen MR) is 71.8 cm³/mol. The van der Waals surface area contributed by atoms with Gasteiger partial charge in [0.2, 0.25) is 0 Å². The number of benzene rings is 2. The number of hydrogen-bond acceptors (Lipinski definition) is 0. The highest BCUT2D eigenvalue weighted by Gasteiger charge is 2.03. The van der Waals surface area contributed by atoms with Crippen molar-refractivity contribution in [3.63, 3.8) is 0 Å². The van der Waals surface area contributed by atoms with Crippen molar-refractivity contribution in [1.29, 1.82) is 0 Å². The molecule has 1 aromatic rings. The van der Waals surface area contributed by atoms with Crippen molar-refractivity contribution >= 4 is 15.9 Å². The Morgan fingerprint density at radius 3 is 1.41 bits per heavy atom. The third-order valence-corrected chi connectivity index (χ3v) is 2.69. The summed E-state index contributed by atoms with van der Waals surface area (Å²) >= 11 is 3.36. The maximum atomic E-state index is 3.36. The average Bonchev–Trinajstić information content (AvgIpc) is 2.12. The zero-order chi connectivity index (χ0) is 9.97. The van der Waals surface area contributed by atoms with Crippen molar-refractivity contribution < 1.29 is 14.1 Å². The minimum absolute atomic E-state index is 0. The topological polar surface area (TPSA) is 0 Å². The van der Waals surface area contributed by atoms with Crippen LogP contribution in [-0.2, 0) is 0 Å². The molecule has 0 fully saturated rings. The molecule has 94 valence electrons. The number of hydrogen-bond donors (Lipinski definition) is 0. The van der Waals surface area contributed by atoms with E-state index in [1.807, 2.05) is 12.1 Å². The molecule has 0 saturated heterocycles. The molecule has 1 aromatic carbocycles. The Bertz CT molecular complexity index is 402. The first-order chi connectivity index (χ1) is 6.75. The lowest BCUT2D eigenvalue weighted by Gasteiger charge is -2.10. The first kappa shape index (κ1) is 18.1. The molecule has 0 bridgehead atoms. The highest BCUT2D eigenvalue weighted by molar-refractivity contribution is 9.10. The zero-order valence-electron chi connectivity index (χ0n) is 9.22. The van der Waals surface area contributed by atoms with Crippen LogP contribution in [0.5, 0.6) is 0 Å². The summed E-state index contributed by atoms with van der Waals surface area (Å²) in [5, 5.41) is 0. The largest absolute Gasteiger partial charge is 0.269 e. The summed E-state index contributed by atoms with van der Waals surface area (Å²) in [5.74, 6) is 0. The molecule has 2 aliphatic carbocycles. The fraction of sp³-hybridized carbons (Fsp3) is 0.0769. The molecule has 0 atom stereocenters. The van der Waals surface area contributed by atoms with Crippen LogP contribution in [0.4, 0.5) is 14.1 Å². The van der Waals surface area contributed by atoms with E-state index in [4.69, 9.17) is 0 Å². The lowest BCUT2D eigenvalue weighted by atomic mass is 9.95. The summed E-state index contributed by atoms with van der Waals surface area (Å²) in [7, 11) is 0. The van der Waals surface area contributed by atoms with Crippen LogP contribution in [0.15, 0.2) is 53.0 Å². The third kappa shape index (κ3) is 4.61. The highest BCUT2D eigenvalue weighted by Crippen LogP contribution is 2.29. The standard InChI is InChI=1S/C7H7Br.C6H4.3FH/c1-6-3-2-4-7(8)5-6;1-2-6-4-3-5(1)6;;;/h2-5H,1H3;1-4H;3*1H. The summed E-state index contributed by atoms with van der Waals surface area (Å²) in [6.45, 7) is 2.07. The van der Waals surface area contributed by atoms with Gasteiger partial charge in [0.1, 0.15) is 0 Å². The fourth-order valence-electron chi connectivity index (χ4n) is 1.27. The average molecular weight is 307 g/mol. The molecule has 3 rings (SSSR count). The Morgan fingerprint density at radius 2 is 1.24 bits per heavy atom. The van der Waals surface area contributed by atoms with Crippen molar-refractivity contribution in [3.8, 4) is 11.1 Å². The van der Waals surface area contributed by atoms with Crippen LogP contribution in [0.3, 0.4) is 0 Å². The van der Waals surface area contributed by atoms with Gasteiger partial charge >= 0.3 is 0 Å². The molecular weight excluding hydrogens is 293 g/mol. The first-order valence-electron chi connectivity index (χ1n) is 4.58.